The van der Waals surface area contributed by atoms with Gasteiger partial charge >= 0.3 is 0 Å². The van der Waals surface area contributed by atoms with Crippen LogP contribution in [0.4, 0.5) is 11.4 Å². The third-order valence-electron chi connectivity index (χ3n) is 2.94. The number of amides is 1. The van der Waals surface area contributed by atoms with Gasteiger partial charge in [-0.2, -0.15) is 0 Å². The lowest BCUT2D eigenvalue weighted by atomic mass is 10.1. The Morgan fingerprint density at radius 1 is 1.37 bits per heavy atom. The Balaban J connectivity index is 2.36. The van der Waals surface area contributed by atoms with Gasteiger partial charge in [0, 0.05) is 12.2 Å². The summed E-state index contributed by atoms with van der Waals surface area (Å²) in [5.41, 5.74) is 13.0. The van der Waals surface area contributed by atoms with E-state index in [0.29, 0.717) is 24.3 Å². The maximum atomic E-state index is 11.5. The Labute approximate surface area is 111 Å². The molecular weight excluding hydrogens is 242 g/mol. The summed E-state index contributed by atoms with van der Waals surface area (Å²) in [7, 11) is 0. The first-order valence-electron chi connectivity index (χ1n) is 6.08. The van der Waals surface area contributed by atoms with E-state index < -0.39 is 5.91 Å². The maximum Gasteiger partial charge on any atom is 0.250 e. The fourth-order valence-electron chi connectivity index (χ4n) is 1.98. The monoisotopic (exact) mass is 259 g/mol. The van der Waals surface area contributed by atoms with Crippen molar-refractivity contribution in [2.24, 2.45) is 5.73 Å². The van der Waals surface area contributed by atoms with Gasteiger partial charge in [0.05, 0.1) is 24.1 Å². The molecule has 0 aliphatic heterocycles. The van der Waals surface area contributed by atoms with Gasteiger partial charge in [-0.25, -0.2) is 0 Å². The molecule has 4 N–H and O–H groups in total. The number of anilines is 2. The quantitative estimate of drug-likeness (QED) is 0.804. The molecule has 0 fully saturated rings. The van der Waals surface area contributed by atoms with Crippen LogP contribution in [0.25, 0.3) is 0 Å². The predicted octanol–water partition coefficient (Wildman–Crippen LogP) is 1.99. The number of nitrogens with zero attached hydrogens (tertiary/aromatic N) is 1. The molecule has 0 saturated heterocycles. The van der Waals surface area contributed by atoms with Crippen LogP contribution in [-0.4, -0.2) is 12.5 Å². The van der Waals surface area contributed by atoms with Gasteiger partial charge in [0.15, 0.2) is 0 Å². The van der Waals surface area contributed by atoms with E-state index in [9.17, 15) is 4.79 Å². The van der Waals surface area contributed by atoms with E-state index in [1.54, 1.807) is 24.5 Å². The molecule has 100 valence electrons. The summed E-state index contributed by atoms with van der Waals surface area (Å²) in [6.07, 6.45) is 1.62. The molecule has 0 atom stereocenters. The number of furan rings is 1. The van der Waals surface area contributed by atoms with Crippen molar-refractivity contribution in [2.45, 2.75) is 13.5 Å². The van der Waals surface area contributed by atoms with Crippen molar-refractivity contribution in [3.05, 3.63) is 47.9 Å². The summed E-state index contributed by atoms with van der Waals surface area (Å²) in [6.45, 7) is 3.27. The summed E-state index contributed by atoms with van der Waals surface area (Å²) in [6, 6.07) is 8.80. The molecular formula is C14H17N3O2. The molecule has 1 heterocycles. The summed E-state index contributed by atoms with van der Waals surface area (Å²) in [4.78, 5) is 13.5. The number of primary amides is 1. The number of carbonyl (C=O) groups is 1. The molecule has 19 heavy (non-hydrogen) atoms. The average molecular weight is 259 g/mol. The number of benzene rings is 1. The van der Waals surface area contributed by atoms with Crippen molar-refractivity contribution in [2.75, 3.05) is 17.2 Å². The fourth-order valence-corrected chi connectivity index (χ4v) is 1.98. The number of hydrogen-bond acceptors (Lipinski definition) is 4. The van der Waals surface area contributed by atoms with E-state index in [0.717, 1.165) is 11.4 Å². The van der Waals surface area contributed by atoms with Crippen molar-refractivity contribution in [3.8, 4) is 0 Å². The summed E-state index contributed by atoms with van der Waals surface area (Å²) in [5, 5.41) is 0. The molecule has 2 aromatic rings. The Bertz CT molecular complexity index is 564. The second kappa shape index (κ2) is 5.48. The Kier molecular flexibility index (Phi) is 3.75. The first kappa shape index (κ1) is 13.0. The van der Waals surface area contributed by atoms with Crippen LogP contribution in [0.5, 0.6) is 0 Å². The van der Waals surface area contributed by atoms with E-state index >= 15 is 0 Å². The van der Waals surface area contributed by atoms with E-state index in [-0.39, 0.29) is 0 Å². The number of hydrogen-bond donors (Lipinski definition) is 2. The van der Waals surface area contributed by atoms with Gasteiger partial charge < -0.3 is 20.8 Å². The molecule has 0 spiro atoms. The molecule has 2 rings (SSSR count). The minimum Gasteiger partial charge on any atom is -0.467 e. The zero-order valence-electron chi connectivity index (χ0n) is 10.8. The highest BCUT2D eigenvalue weighted by molar-refractivity contribution is 5.99. The van der Waals surface area contributed by atoms with E-state index in [1.807, 2.05) is 24.0 Å². The molecule has 5 nitrogen and oxygen atoms in total. The van der Waals surface area contributed by atoms with Crippen LogP contribution in [0.2, 0.25) is 0 Å². The topological polar surface area (TPSA) is 85.5 Å². The van der Waals surface area contributed by atoms with Crippen molar-refractivity contribution in [1.82, 2.24) is 0 Å². The van der Waals surface area contributed by atoms with Crippen LogP contribution in [0.15, 0.2) is 41.0 Å². The molecule has 1 aromatic heterocycles. The van der Waals surface area contributed by atoms with Gasteiger partial charge in [0.25, 0.3) is 5.91 Å². The first-order chi connectivity index (χ1) is 9.11. The highest BCUT2D eigenvalue weighted by Crippen LogP contribution is 2.25. The van der Waals surface area contributed by atoms with Crippen LogP contribution in [-0.2, 0) is 6.54 Å². The van der Waals surface area contributed by atoms with Gasteiger partial charge in [-0.05, 0) is 37.3 Å². The van der Waals surface area contributed by atoms with Gasteiger partial charge in [0.1, 0.15) is 5.76 Å². The summed E-state index contributed by atoms with van der Waals surface area (Å²) in [5.74, 6) is 0.354. The van der Waals surface area contributed by atoms with Crippen LogP contribution in [0, 0.1) is 0 Å². The summed E-state index contributed by atoms with van der Waals surface area (Å²) >= 11 is 0. The largest absolute Gasteiger partial charge is 0.467 e. The first-order valence-corrected chi connectivity index (χ1v) is 6.08. The van der Waals surface area contributed by atoms with E-state index in [4.69, 9.17) is 15.9 Å². The lowest BCUT2D eigenvalue weighted by Gasteiger charge is -2.24. The van der Waals surface area contributed by atoms with Crippen LogP contribution in [0.1, 0.15) is 23.0 Å². The lowest BCUT2D eigenvalue weighted by molar-refractivity contribution is 0.100. The molecule has 0 aliphatic carbocycles. The van der Waals surface area contributed by atoms with Crippen molar-refractivity contribution in [3.63, 3.8) is 0 Å². The third-order valence-corrected chi connectivity index (χ3v) is 2.94. The highest BCUT2D eigenvalue weighted by Gasteiger charge is 2.15. The van der Waals surface area contributed by atoms with Crippen molar-refractivity contribution >= 4 is 17.3 Å². The number of carbonyl (C=O) groups excluding carboxylic acids is 1. The van der Waals surface area contributed by atoms with Gasteiger partial charge in [-0.1, -0.05) is 0 Å². The molecule has 1 amide bonds. The SMILES string of the molecule is CCN(Cc1ccco1)c1cc(N)ccc1C(N)=O. The normalized spacial score (nSPS) is 10.4. The Hall–Kier alpha value is -2.43. The van der Waals surface area contributed by atoms with Crippen LogP contribution >= 0.6 is 0 Å². The predicted molar refractivity (Wildman–Crippen MR) is 74.8 cm³/mol. The minimum atomic E-state index is -0.465. The highest BCUT2D eigenvalue weighted by atomic mass is 16.3. The summed E-state index contributed by atoms with van der Waals surface area (Å²) < 4.78 is 5.33. The second-order valence-electron chi connectivity index (χ2n) is 4.23. The standard InChI is InChI=1S/C14H17N3O2/c1-2-17(9-11-4-3-7-19-11)13-8-10(15)5-6-12(13)14(16)18/h3-8H,2,9,15H2,1H3,(H2,16,18). The molecule has 0 bridgehead atoms. The zero-order valence-corrected chi connectivity index (χ0v) is 10.8. The molecule has 1 aromatic carbocycles. The maximum absolute atomic E-state index is 11.5. The average Bonchev–Trinajstić information content (AvgIpc) is 2.88. The number of rotatable bonds is 5. The van der Waals surface area contributed by atoms with Gasteiger partial charge in [0.2, 0.25) is 0 Å². The van der Waals surface area contributed by atoms with E-state index in [1.165, 1.54) is 0 Å². The van der Waals surface area contributed by atoms with Crippen molar-refractivity contribution < 1.29 is 9.21 Å². The Morgan fingerprint density at radius 2 is 2.16 bits per heavy atom. The molecule has 0 saturated carbocycles. The molecule has 5 heteroatoms. The smallest absolute Gasteiger partial charge is 0.250 e. The third kappa shape index (κ3) is 2.88. The minimum absolute atomic E-state index is 0.461. The zero-order chi connectivity index (χ0) is 13.8. The molecule has 0 unspecified atom stereocenters. The number of nitrogen functional groups attached to an aromatic ring is 1. The molecule has 0 radical (unpaired) electrons. The van der Waals surface area contributed by atoms with Crippen LogP contribution < -0.4 is 16.4 Å². The molecule has 0 aliphatic rings. The van der Waals surface area contributed by atoms with E-state index in [2.05, 4.69) is 0 Å². The van der Waals surface area contributed by atoms with Crippen molar-refractivity contribution in [1.29, 1.82) is 0 Å². The van der Waals surface area contributed by atoms with Gasteiger partial charge in [-0.3, -0.25) is 4.79 Å². The van der Waals surface area contributed by atoms with Gasteiger partial charge in [-0.15, -0.1) is 0 Å². The Morgan fingerprint density at radius 3 is 2.74 bits per heavy atom. The van der Waals surface area contributed by atoms with Crippen LogP contribution in [0.3, 0.4) is 0 Å². The second-order valence-corrected chi connectivity index (χ2v) is 4.23. The number of nitrogens with two attached hydrogens (primary N) is 2. The lowest BCUT2D eigenvalue weighted by Crippen LogP contribution is -2.25. The fraction of sp³-hybridized carbons (Fsp3) is 0.214.